The highest BCUT2D eigenvalue weighted by molar-refractivity contribution is 6.05. The van der Waals surface area contributed by atoms with Gasteiger partial charge in [0.15, 0.2) is 6.61 Å². The summed E-state index contributed by atoms with van der Waals surface area (Å²) in [5, 5.41) is 2.89. The fourth-order valence-corrected chi connectivity index (χ4v) is 2.55. The van der Waals surface area contributed by atoms with Crippen LogP contribution in [0.15, 0.2) is 60.7 Å². The third kappa shape index (κ3) is 4.46. The van der Waals surface area contributed by atoms with Crippen LogP contribution in [-0.2, 0) is 14.3 Å². The van der Waals surface area contributed by atoms with Crippen molar-refractivity contribution in [3.8, 4) is 11.3 Å². The van der Waals surface area contributed by atoms with Crippen LogP contribution >= 0.6 is 0 Å². The van der Waals surface area contributed by atoms with Crippen molar-refractivity contribution >= 4 is 28.7 Å². The second kappa shape index (κ2) is 8.09. The van der Waals surface area contributed by atoms with E-state index in [4.69, 9.17) is 10.5 Å². The first-order chi connectivity index (χ1) is 13.0. The summed E-state index contributed by atoms with van der Waals surface area (Å²) in [6.45, 7) is -0.823. The maximum atomic E-state index is 12.6. The van der Waals surface area contributed by atoms with Crippen molar-refractivity contribution < 1.29 is 19.1 Å². The second-order valence-electron chi connectivity index (χ2n) is 5.76. The summed E-state index contributed by atoms with van der Waals surface area (Å²) >= 11 is 0. The molecule has 0 aliphatic heterocycles. The number of aromatic nitrogens is 1. The number of nitrogens with zero attached hydrogens (tertiary/aromatic N) is 1. The molecule has 0 atom stereocenters. The molecule has 0 aliphatic carbocycles. The number of para-hydroxylation sites is 1. The molecule has 0 unspecified atom stereocenters. The molecular formula is C20H17N3O4. The van der Waals surface area contributed by atoms with Crippen LogP contribution < -0.4 is 11.1 Å². The molecule has 0 bridgehead atoms. The molecular weight excluding hydrogens is 346 g/mol. The van der Waals surface area contributed by atoms with Crippen LogP contribution in [0.5, 0.6) is 0 Å². The molecule has 3 aromatic rings. The molecule has 0 saturated carbocycles. The third-order valence-corrected chi connectivity index (χ3v) is 3.80. The van der Waals surface area contributed by atoms with Gasteiger partial charge in [-0.05, 0) is 12.1 Å². The molecule has 0 radical (unpaired) electrons. The third-order valence-electron chi connectivity index (χ3n) is 3.80. The summed E-state index contributed by atoms with van der Waals surface area (Å²) in [7, 11) is 0. The van der Waals surface area contributed by atoms with E-state index in [0.29, 0.717) is 22.2 Å². The highest BCUT2D eigenvalue weighted by Gasteiger charge is 2.16. The van der Waals surface area contributed by atoms with Gasteiger partial charge < -0.3 is 15.8 Å². The van der Waals surface area contributed by atoms with E-state index < -0.39 is 24.4 Å². The number of carbonyl (C=O) groups excluding carboxylic acids is 3. The van der Waals surface area contributed by atoms with Crippen molar-refractivity contribution in [1.29, 1.82) is 0 Å². The number of hydrogen-bond acceptors (Lipinski definition) is 5. The molecule has 0 spiro atoms. The number of nitrogens with one attached hydrogen (secondary N) is 1. The lowest BCUT2D eigenvalue weighted by Crippen LogP contribution is -2.36. The van der Waals surface area contributed by atoms with E-state index in [1.165, 1.54) is 0 Å². The predicted octanol–water partition coefficient (Wildman–Crippen LogP) is 1.66. The monoisotopic (exact) mass is 363 g/mol. The van der Waals surface area contributed by atoms with E-state index in [1.54, 1.807) is 24.3 Å². The molecule has 7 nitrogen and oxygen atoms in total. The Labute approximate surface area is 155 Å². The highest BCUT2D eigenvalue weighted by Crippen LogP contribution is 2.25. The molecule has 27 heavy (non-hydrogen) atoms. The zero-order chi connectivity index (χ0) is 19.2. The summed E-state index contributed by atoms with van der Waals surface area (Å²) in [4.78, 5) is 39.5. The Morgan fingerprint density at radius 1 is 1.00 bits per heavy atom. The molecule has 3 N–H and O–H groups in total. The molecule has 1 heterocycles. The fraction of sp³-hybridized carbons (Fsp3) is 0.100. The summed E-state index contributed by atoms with van der Waals surface area (Å²) in [5.74, 6) is -1.94. The Hall–Kier alpha value is -3.74. The molecule has 7 heteroatoms. The molecule has 0 saturated heterocycles. The van der Waals surface area contributed by atoms with Gasteiger partial charge in [0.1, 0.15) is 0 Å². The van der Waals surface area contributed by atoms with Crippen molar-refractivity contribution in [2.45, 2.75) is 0 Å². The van der Waals surface area contributed by atoms with Gasteiger partial charge >= 0.3 is 5.97 Å². The zero-order valence-electron chi connectivity index (χ0n) is 14.3. The van der Waals surface area contributed by atoms with E-state index in [-0.39, 0.29) is 6.54 Å². The standard InChI is InChI=1S/C20H17N3O4/c21-18(24)11-22-19(25)12-27-20(26)15-10-17(13-6-2-1-3-7-13)23-16-9-5-4-8-14(15)16/h1-10H,11-12H2,(H2,21,24)(H,22,25). The first kappa shape index (κ1) is 18.1. The van der Waals surface area contributed by atoms with E-state index in [1.807, 2.05) is 36.4 Å². The summed E-state index contributed by atoms with van der Waals surface area (Å²) in [6, 6.07) is 18.3. The summed E-state index contributed by atoms with van der Waals surface area (Å²) < 4.78 is 5.09. The minimum absolute atomic E-state index is 0.308. The number of nitrogens with two attached hydrogens (primary N) is 1. The minimum Gasteiger partial charge on any atom is -0.452 e. The average molecular weight is 363 g/mol. The maximum Gasteiger partial charge on any atom is 0.339 e. The predicted molar refractivity (Wildman–Crippen MR) is 99.7 cm³/mol. The molecule has 1 aromatic heterocycles. The highest BCUT2D eigenvalue weighted by atomic mass is 16.5. The van der Waals surface area contributed by atoms with E-state index in [9.17, 15) is 14.4 Å². The van der Waals surface area contributed by atoms with Crippen LogP contribution in [0.3, 0.4) is 0 Å². The molecule has 0 aliphatic rings. The summed E-state index contributed by atoms with van der Waals surface area (Å²) in [5.41, 5.74) is 7.39. The number of hydrogen-bond donors (Lipinski definition) is 2. The van der Waals surface area contributed by atoms with Crippen LogP contribution in [0.4, 0.5) is 0 Å². The van der Waals surface area contributed by atoms with Gasteiger partial charge in [0.05, 0.1) is 23.3 Å². The quantitative estimate of drug-likeness (QED) is 0.647. The Balaban J connectivity index is 1.87. The largest absolute Gasteiger partial charge is 0.452 e. The smallest absolute Gasteiger partial charge is 0.339 e. The lowest BCUT2D eigenvalue weighted by Gasteiger charge is -2.10. The number of esters is 1. The van der Waals surface area contributed by atoms with E-state index >= 15 is 0 Å². The van der Waals surface area contributed by atoms with E-state index in [0.717, 1.165) is 5.56 Å². The van der Waals surface area contributed by atoms with Crippen molar-refractivity contribution in [2.75, 3.05) is 13.2 Å². The van der Waals surface area contributed by atoms with Crippen LogP contribution in [0, 0.1) is 0 Å². The topological polar surface area (TPSA) is 111 Å². The summed E-state index contributed by atoms with van der Waals surface area (Å²) in [6.07, 6.45) is 0. The normalized spacial score (nSPS) is 10.4. The number of rotatable bonds is 6. The number of pyridine rings is 1. The zero-order valence-corrected chi connectivity index (χ0v) is 14.3. The van der Waals surface area contributed by atoms with Gasteiger partial charge in [-0.25, -0.2) is 9.78 Å². The first-order valence-corrected chi connectivity index (χ1v) is 8.22. The lowest BCUT2D eigenvalue weighted by atomic mass is 10.0. The van der Waals surface area contributed by atoms with Gasteiger partial charge in [0, 0.05) is 10.9 Å². The van der Waals surface area contributed by atoms with Crippen molar-refractivity contribution in [2.24, 2.45) is 5.73 Å². The van der Waals surface area contributed by atoms with Gasteiger partial charge in [0.25, 0.3) is 5.91 Å². The Bertz CT molecular complexity index is 1000. The molecule has 2 aromatic carbocycles. The van der Waals surface area contributed by atoms with Crippen molar-refractivity contribution in [3.63, 3.8) is 0 Å². The SMILES string of the molecule is NC(=O)CNC(=O)COC(=O)c1cc(-c2ccccc2)nc2ccccc12. The second-order valence-corrected chi connectivity index (χ2v) is 5.76. The van der Waals surface area contributed by atoms with Gasteiger partial charge in [-0.3, -0.25) is 9.59 Å². The lowest BCUT2D eigenvalue weighted by molar-refractivity contribution is -0.127. The number of fused-ring (bicyclic) bond motifs is 1. The van der Waals surface area contributed by atoms with Gasteiger partial charge in [0.2, 0.25) is 5.91 Å². The maximum absolute atomic E-state index is 12.6. The number of primary amides is 1. The van der Waals surface area contributed by atoms with Crippen molar-refractivity contribution in [1.82, 2.24) is 10.3 Å². The number of ether oxygens (including phenoxy) is 1. The van der Waals surface area contributed by atoms with Gasteiger partial charge in [-0.1, -0.05) is 48.5 Å². The Kier molecular flexibility index (Phi) is 5.41. The number of amides is 2. The van der Waals surface area contributed by atoms with Crippen molar-refractivity contribution in [3.05, 3.63) is 66.2 Å². The molecule has 3 rings (SSSR count). The Morgan fingerprint density at radius 2 is 1.70 bits per heavy atom. The Morgan fingerprint density at radius 3 is 2.44 bits per heavy atom. The van der Waals surface area contributed by atoms with Gasteiger partial charge in [-0.2, -0.15) is 0 Å². The number of benzene rings is 2. The molecule has 0 fully saturated rings. The first-order valence-electron chi connectivity index (χ1n) is 8.22. The fourth-order valence-electron chi connectivity index (χ4n) is 2.55. The average Bonchev–Trinajstić information content (AvgIpc) is 2.70. The number of carbonyl (C=O) groups is 3. The van der Waals surface area contributed by atoms with Gasteiger partial charge in [-0.15, -0.1) is 0 Å². The van der Waals surface area contributed by atoms with Crippen LogP contribution in [0.2, 0.25) is 0 Å². The molecule has 136 valence electrons. The molecule has 2 amide bonds. The van der Waals surface area contributed by atoms with Crippen LogP contribution in [0.25, 0.3) is 22.2 Å². The minimum atomic E-state index is -0.678. The van der Waals surface area contributed by atoms with Crippen LogP contribution in [0.1, 0.15) is 10.4 Å². The van der Waals surface area contributed by atoms with E-state index in [2.05, 4.69) is 10.3 Å². The van der Waals surface area contributed by atoms with Crippen LogP contribution in [-0.4, -0.2) is 35.9 Å².